The van der Waals surface area contributed by atoms with Crippen molar-refractivity contribution in [3.05, 3.63) is 74.7 Å². The maximum atomic E-state index is 12.3. The lowest BCUT2D eigenvalue weighted by Gasteiger charge is -2.09. The van der Waals surface area contributed by atoms with Crippen LogP contribution in [0.4, 0.5) is 5.69 Å². The number of nitrogens with one attached hydrogen (secondary N) is 1. The molecule has 3 aromatic rings. The third-order valence-electron chi connectivity index (χ3n) is 3.79. The van der Waals surface area contributed by atoms with Gasteiger partial charge in [0.2, 0.25) is 5.91 Å². The van der Waals surface area contributed by atoms with Crippen molar-refractivity contribution in [1.29, 1.82) is 0 Å². The molecule has 7 heteroatoms. The van der Waals surface area contributed by atoms with Gasteiger partial charge in [-0.2, -0.15) is 0 Å². The van der Waals surface area contributed by atoms with Gasteiger partial charge in [-0.15, -0.1) is 11.3 Å². The standard InChI is InChI=1S/C21H19BrN2O3S/c1-14-23-17(13-28-14)12-27-19-6-4-3-5-15(19)7-10-21(25)24-18-11-16(22)8-9-20(18)26-2/h3-11,13H,12H2,1-2H3,(H,24,25)/b10-7+. The first-order valence-corrected chi connectivity index (χ1v) is 10.2. The van der Waals surface area contributed by atoms with Gasteiger partial charge in [0.05, 0.1) is 23.5 Å². The normalized spacial score (nSPS) is 10.8. The molecule has 0 aliphatic carbocycles. The van der Waals surface area contributed by atoms with Gasteiger partial charge in [-0.25, -0.2) is 4.98 Å². The van der Waals surface area contributed by atoms with E-state index in [4.69, 9.17) is 9.47 Å². The highest BCUT2D eigenvalue weighted by Gasteiger charge is 2.07. The van der Waals surface area contributed by atoms with Crippen molar-refractivity contribution < 1.29 is 14.3 Å². The number of amides is 1. The van der Waals surface area contributed by atoms with Gasteiger partial charge in [0, 0.05) is 21.5 Å². The zero-order valence-electron chi connectivity index (χ0n) is 15.4. The van der Waals surface area contributed by atoms with Crippen LogP contribution in [-0.4, -0.2) is 18.0 Å². The molecule has 1 aromatic heterocycles. The fourth-order valence-electron chi connectivity index (χ4n) is 2.49. The van der Waals surface area contributed by atoms with E-state index < -0.39 is 0 Å². The minimum Gasteiger partial charge on any atom is -0.495 e. The van der Waals surface area contributed by atoms with Crippen LogP contribution in [0.2, 0.25) is 0 Å². The van der Waals surface area contributed by atoms with Gasteiger partial charge in [-0.1, -0.05) is 34.1 Å². The summed E-state index contributed by atoms with van der Waals surface area (Å²) in [5.74, 6) is 1.02. The molecule has 3 rings (SSSR count). The van der Waals surface area contributed by atoms with E-state index in [2.05, 4.69) is 26.2 Å². The van der Waals surface area contributed by atoms with Gasteiger partial charge in [0.15, 0.2) is 0 Å². The molecule has 0 radical (unpaired) electrons. The Bertz CT molecular complexity index is 1000. The maximum Gasteiger partial charge on any atom is 0.248 e. The number of anilines is 1. The predicted molar refractivity (Wildman–Crippen MR) is 116 cm³/mol. The Balaban J connectivity index is 1.68. The number of thiazole rings is 1. The molecule has 1 N–H and O–H groups in total. The molecule has 0 unspecified atom stereocenters. The van der Waals surface area contributed by atoms with Crippen LogP contribution in [0.5, 0.6) is 11.5 Å². The minimum absolute atomic E-state index is 0.263. The highest BCUT2D eigenvalue weighted by Crippen LogP contribution is 2.28. The summed E-state index contributed by atoms with van der Waals surface area (Å²) in [6.07, 6.45) is 3.19. The van der Waals surface area contributed by atoms with Gasteiger partial charge in [-0.05, 0) is 37.3 Å². The number of aromatic nitrogens is 1. The maximum absolute atomic E-state index is 12.3. The van der Waals surface area contributed by atoms with Crippen LogP contribution in [0, 0.1) is 6.92 Å². The number of rotatable bonds is 7. The van der Waals surface area contributed by atoms with E-state index in [9.17, 15) is 4.79 Å². The number of carbonyl (C=O) groups is 1. The van der Waals surface area contributed by atoms with E-state index in [1.54, 1.807) is 36.7 Å². The van der Waals surface area contributed by atoms with E-state index >= 15 is 0 Å². The van der Waals surface area contributed by atoms with Crippen molar-refractivity contribution in [3.63, 3.8) is 0 Å². The molecule has 0 atom stereocenters. The second-order valence-corrected chi connectivity index (χ2v) is 7.83. The lowest BCUT2D eigenvalue weighted by atomic mass is 10.2. The van der Waals surface area contributed by atoms with Crippen LogP contribution in [0.3, 0.4) is 0 Å². The highest BCUT2D eigenvalue weighted by molar-refractivity contribution is 9.10. The molecule has 5 nitrogen and oxygen atoms in total. The number of ether oxygens (including phenoxy) is 2. The quantitative estimate of drug-likeness (QED) is 0.477. The van der Waals surface area contributed by atoms with E-state index in [1.807, 2.05) is 42.6 Å². The van der Waals surface area contributed by atoms with Gasteiger partial charge < -0.3 is 14.8 Å². The van der Waals surface area contributed by atoms with Crippen LogP contribution < -0.4 is 14.8 Å². The van der Waals surface area contributed by atoms with Crippen molar-refractivity contribution in [1.82, 2.24) is 4.98 Å². The Kier molecular flexibility index (Phi) is 6.84. The molecule has 0 spiro atoms. The number of nitrogens with zero attached hydrogens (tertiary/aromatic N) is 1. The predicted octanol–water partition coefficient (Wildman–Crippen LogP) is 5.45. The van der Waals surface area contributed by atoms with Crippen LogP contribution in [0.15, 0.2) is 58.4 Å². The Hall–Kier alpha value is -2.64. The lowest BCUT2D eigenvalue weighted by molar-refractivity contribution is -0.111. The van der Waals surface area contributed by atoms with E-state index in [1.165, 1.54) is 6.08 Å². The molecule has 0 fully saturated rings. The zero-order valence-corrected chi connectivity index (χ0v) is 17.8. The summed E-state index contributed by atoms with van der Waals surface area (Å²) < 4.78 is 12.0. The molecule has 1 heterocycles. The van der Waals surface area contributed by atoms with Gasteiger partial charge in [0.25, 0.3) is 0 Å². The summed E-state index contributed by atoms with van der Waals surface area (Å²) in [6.45, 7) is 2.35. The number of carbonyl (C=O) groups excluding carboxylic acids is 1. The van der Waals surface area contributed by atoms with Crippen molar-refractivity contribution in [2.24, 2.45) is 0 Å². The molecule has 0 aliphatic rings. The molecular weight excluding hydrogens is 440 g/mol. The summed E-state index contributed by atoms with van der Waals surface area (Å²) in [5.41, 5.74) is 2.29. The number of hydrogen-bond donors (Lipinski definition) is 1. The topological polar surface area (TPSA) is 60.5 Å². The van der Waals surface area contributed by atoms with Crippen LogP contribution in [0.1, 0.15) is 16.3 Å². The fraction of sp³-hybridized carbons (Fsp3) is 0.143. The second kappa shape index (κ2) is 9.52. The third kappa shape index (κ3) is 5.43. The van der Waals surface area contributed by atoms with Gasteiger partial charge in [0.1, 0.15) is 18.1 Å². The van der Waals surface area contributed by atoms with E-state index in [0.717, 1.165) is 20.7 Å². The molecule has 28 heavy (non-hydrogen) atoms. The molecular formula is C21H19BrN2O3S. The Labute approximate surface area is 176 Å². The third-order valence-corrected chi connectivity index (χ3v) is 5.11. The molecule has 0 bridgehead atoms. The van der Waals surface area contributed by atoms with Crippen molar-refractivity contribution in [2.45, 2.75) is 13.5 Å². The number of halogens is 1. The summed E-state index contributed by atoms with van der Waals surface area (Å²) in [7, 11) is 1.56. The van der Waals surface area contributed by atoms with Gasteiger partial charge >= 0.3 is 0 Å². The van der Waals surface area contributed by atoms with Crippen molar-refractivity contribution in [3.8, 4) is 11.5 Å². The van der Waals surface area contributed by atoms with Crippen LogP contribution in [0.25, 0.3) is 6.08 Å². The number of benzene rings is 2. The summed E-state index contributed by atoms with van der Waals surface area (Å²) in [6, 6.07) is 13.0. The van der Waals surface area contributed by atoms with Crippen LogP contribution in [-0.2, 0) is 11.4 Å². The van der Waals surface area contributed by atoms with E-state index in [0.29, 0.717) is 23.8 Å². The monoisotopic (exact) mass is 458 g/mol. The smallest absolute Gasteiger partial charge is 0.248 e. The number of aryl methyl sites for hydroxylation is 1. The summed E-state index contributed by atoms with van der Waals surface area (Å²) >= 11 is 4.98. The Morgan fingerprint density at radius 1 is 1.25 bits per heavy atom. The number of para-hydroxylation sites is 1. The largest absolute Gasteiger partial charge is 0.495 e. The minimum atomic E-state index is -0.263. The lowest BCUT2D eigenvalue weighted by Crippen LogP contribution is -2.09. The molecule has 2 aromatic carbocycles. The fourth-order valence-corrected chi connectivity index (χ4v) is 3.45. The van der Waals surface area contributed by atoms with Crippen LogP contribution >= 0.6 is 27.3 Å². The highest BCUT2D eigenvalue weighted by atomic mass is 79.9. The number of methoxy groups -OCH3 is 1. The molecule has 0 saturated carbocycles. The SMILES string of the molecule is COc1ccc(Br)cc1NC(=O)/C=C/c1ccccc1OCc1csc(C)n1. The average molecular weight is 459 g/mol. The first-order chi connectivity index (χ1) is 13.5. The summed E-state index contributed by atoms with van der Waals surface area (Å²) in [4.78, 5) is 16.7. The first kappa shape index (κ1) is 20.1. The van der Waals surface area contributed by atoms with Crippen molar-refractivity contribution >= 4 is 44.9 Å². The first-order valence-electron chi connectivity index (χ1n) is 8.50. The molecule has 0 saturated heterocycles. The second-order valence-electron chi connectivity index (χ2n) is 5.85. The number of hydrogen-bond acceptors (Lipinski definition) is 5. The molecule has 1 amide bonds. The van der Waals surface area contributed by atoms with E-state index in [-0.39, 0.29) is 5.91 Å². The molecule has 0 aliphatic heterocycles. The molecule has 144 valence electrons. The Morgan fingerprint density at radius 3 is 2.82 bits per heavy atom. The zero-order chi connectivity index (χ0) is 19.9. The Morgan fingerprint density at radius 2 is 2.07 bits per heavy atom. The van der Waals surface area contributed by atoms with Gasteiger partial charge in [-0.3, -0.25) is 4.79 Å². The van der Waals surface area contributed by atoms with Crippen molar-refractivity contribution in [2.75, 3.05) is 12.4 Å². The average Bonchev–Trinajstić information content (AvgIpc) is 3.11. The summed E-state index contributed by atoms with van der Waals surface area (Å²) in [5, 5.41) is 5.81.